The van der Waals surface area contributed by atoms with Gasteiger partial charge in [0.2, 0.25) is 0 Å². The molecule has 0 fully saturated rings. The van der Waals surface area contributed by atoms with Crippen LogP contribution in [0.3, 0.4) is 0 Å². The van der Waals surface area contributed by atoms with Crippen molar-refractivity contribution in [3.05, 3.63) is 35.4 Å². The average molecular weight is 226 g/mol. The maximum Gasteiger partial charge on any atom is 0.266 e. The summed E-state index contributed by atoms with van der Waals surface area (Å²) in [7, 11) is 1.60. The van der Waals surface area contributed by atoms with E-state index in [1.807, 2.05) is 6.92 Å². The van der Waals surface area contributed by atoms with Crippen LogP contribution in [0.15, 0.2) is 29.8 Å². The van der Waals surface area contributed by atoms with E-state index in [1.165, 1.54) is 0 Å². The van der Waals surface area contributed by atoms with Gasteiger partial charge in [-0.1, -0.05) is 18.2 Å². The molecule has 4 heteroatoms. The highest BCUT2D eigenvalue weighted by molar-refractivity contribution is 6.43. The minimum Gasteiger partial charge on any atom is -0.496 e. The lowest BCUT2D eigenvalue weighted by Gasteiger charge is -2.08. The van der Waals surface area contributed by atoms with Gasteiger partial charge in [0.25, 0.3) is 5.91 Å². The summed E-state index contributed by atoms with van der Waals surface area (Å²) in [5.74, 6) is 0.374. The molecule has 0 unspecified atom stereocenters. The van der Waals surface area contributed by atoms with Crippen molar-refractivity contribution in [1.29, 1.82) is 0 Å². The lowest BCUT2D eigenvalue weighted by atomic mass is 10.2. The summed E-state index contributed by atoms with van der Waals surface area (Å²) in [6.07, 6.45) is 0. The van der Waals surface area contributed by atoms with Crippen LogP contribution in [-0.2, 0) is 4.79 Å². The van der Waals surface area contributed by atoms with E-state index in [0.717, 1.165) is 11.3 Å². The molecule has 0 aliphatic heterocycles. The third kappa shape index (κ3) is 2.99. The zero-order valence-electron chi connectivity index (χ0n) is 8.63. The van der Waals surface area contributed by atoms with Crippen molar-refractivity contribution in [2.75, 3.05) is 12.4 Å². The molecule has 3 nitrogen and oxygen atoms in total. The van der Waals surface area contributed by atoms with Gasteiger partial charge >= 0.3 is 0 Å². The summed E-state index contributed by atoms with van der Waals surface area (Å²) in [6, 6.07) is 5.32. The Balaban J connectivity index is 2.84. The van der Waals surface area contributed by atoms with Crippen LogP contribution in [0.1, 0.15) is 5.56 Å². The number of nitrogens with one attached hydrogen (secondary N) is 1. The van der Waals surface area contributed by atoms with E-state index in [2.05, 4.69) is 11.9 Å². The Bertz CT molecular complexity index is 402. The molecule has 0 heterocycles. The van der Waals surface area contributed by atoms with Crippen molar-refractivity contribution in [2.45, 2.75) is 6.92 Å². The fourth-order valence-electron chi connectivity index (χ4n) is 1.16. The predicted octanol–water partition coefficient (Wildman–Crippen LogP) is 2.69. The van der Waals surface area contributed by atoms with Crippen LogP contribution in [0.5, 0.6) is 5.75 Å². The minimum atomic E-state index is -0.402. The van der Waals surface area contributed by atoms with Crippen LogP contribution in [-0.4, -0.2) is 13.0 Å². The molecule has 0 aliphatic rings. The molecule has 0 aliphatic carbocycles. The lowest BCUT2D eigenvalue weighted by Crippen LogP contribution is -2.10. The highest BCUT2D eigenvalue weighted by Crippen LogP contribution is 2.21. The van der Waals surface area contributed by atoms with Crippen molar-refractivity contribution in [3.63, 3.8) is 0 Å². The second kappa shape index (κ2) is 4.84. The number of anilines is 1. The quantitative estimate of drug-likeness (QED) is 0.804. The first kappa shape index (κ1) is 11.6. The molecule has 15 heavy (non-hydrogen) atoms. The van der Waals surface area contributed by atoms with Crippen molar-refractivity contribution in [3.8, 4) is 5.75 Å². The number of aryl methyl sites for hydroxylation is 1. The molecule has 0 saturated heterocycles. The first-order chi connectivity index (χ1) is 7.04. The predicted molar refractivity (Wildman–Crippen MR) is 61.4 cm³/mol. The number of hydrogen-bond acceptors (Lipinski definition) is 2. The van der Waals surface area contributed by atoms with E-state index in [1.54, 1.807) is 25.3 Å². The van der Waals surface area contributed by atoms with E-state index in [0.29, 0.717) is 5.69 Å². The average Bonchev–Trinajstić information content (AvgIpc) is 2.18. The standard InChI is InChI=1S/C11H12ClNO2/c1-7-6-9(4-5-10(7)15-3)13-11(14)8(2)12/h4-6H,2H2,1,3H3,(H,13,14). The molecule has 1 aromatic rings. The number of benzene rings is 1. The van der Waals surface area contributed by atoms with Crippen LogP contribution in [0, 0.1) is 6.92 Å². The molecular weight excluding hydrogens is 214 g/mol. The molecule has 1 amide bonds. The van der Waals surface area contributed by atoms with E-state index < -0.39 is 5.91 Å². The first-order valence-electron chi connectivity index (χ1n) is 4.35. The van der Waals surface area contributed by atoms with Gasteiger partial charge in [-0.25, -0.2) is 0 Å². The smallest absolute Gasteiger partial charge is 0.266 e. The van der Waals surface area contributed by atoms with Crippen molar-refractivity contribution >= 4 is 23.2 Å². The summed E-state index contributed by atoms with van der Waals surface area (Å²) < 4.78 is 5.10. The number of halogens is 1. The largest absolute Gasteiger partial charge is 0.496 e. The van der Waals surface area contributed by atoms with Crippen LogP contribution >= 0.6 is 11.6 Å². The fourth-order valence-corrected chi connectivity index (χ4v) is 1.20. The number of amides is 1. The Morgan fingerprint density at radius 1 is 1.53 bits per heavy atom. The second-order valence-electron chi connectivity index (χ2n) is 3.04. The molecule has 0 saturated carbocycles. The van der Waals surface area contributed by atoms with Gasteiger partial charge in [0.1, 0.15) is 5.75 Å². The third-order valence-corrected chi connectivity index (χ3v) is 2.07. The molecule has 1 aromatic carbocycles. The van der Waals surface area contributed by atoms with Gasteiger partial charge in [-0.15, -0.1) is 0 Å². The summed E-state index contributed by atoms with van der Waals surface area (Å²) in [5, 5.41) is 2.57. The van der Waals surface area contributed by atoms with Gasteiger partial charge in [-0.05, 0) is 30.7 Å². The van der Waals surface area contributed by atoms with Crippen LogP contribution in [0.4, 0.5) is 5.69 Å². The molecule has 0 atom stereocenters. The van der Waals surface area contributed by atoms with Gasteiger partial charge < -0.3 is 10.1 Å². The number of methoxy groups -OCH3 is 1. The Kier molecular flexibility index (Phi) is 3.74. The van der Waals surface area contributed by atoms with Crippen LogP contribution in [0.2, 0.25) is 0 Å². The molecule has 80 valence electrons. The Morgan fingerprint density at radius 3 is 2.67 bits per heavy atom. The molecule has 1 rings (SSSR count). The van der Waals surface area contributed by atoms with Crippen molar-refractivity contribution in [1.82, 2.24) is 0 Å². The summed E-state index contributed by atoms with van der Waals surface area (Å²) in [6.45, 7) is 5.23. The van der Waals surface area contributed by atoms with E-state index in [-0.39, 0.29) is 5.03 Å². The van der Waals surface area contributed by atoms with Gasteiger partial charge in [0.15, 0.2) is 0 Å². The summed E-state index contributed by atoms with van der Waals surface area (Å²) >= 11 is 5.45. The fraction of sp³-hybridized carbons (Fsp3) is 0.182. The molecule has 0 bridgehead atoms. The topological polar surface area (TPSA) is 38.3 Å². The number of ether oxygens (including phenoxy) is 1. The maximum absolute atomic E-state index is 11.2. The third-order valence-electron chi connectivity index (χ3n) is 1.90. The van der Waals surface area contributed by atoms with E-state index in [9.17, 15) is 4.79 Å². The van der Waals surface area contributed by atoms with Gasteiger partial charge in [0.05, 0.1) is 12.1 Å². The zero-order valence-corrected chi connectivity index (χ0v) is 9.39. The lowest BCUT2D eigenvalue weighted by molar-refractivity contribution is -0.112. The van der Waals surface area contributed by atoms with E-state index >= 15 is 0 Å². The Morgan fingerprint density at radius 2 is 2.20 bits per heavy atom. The summed E-state index contributed by atoms with van der Waals surface area (Å²) in [4.78, 5) is 11.2. The first-order valence-corrected chi connectivity index (χ1v) is 4.73. The highest BCUT2D eigenvalue weighted by Gasteiger charge is 2.05. The number of carbonyl (C=O) groups is 1. The Hall–Kier alpha value is -1.48. The number of carbonyl (C=O) groups excluding carboxylic acids is 1. The van der Waals surface area contributed by atoms with Crippen molar-refractivity contribution < 1.29 is 9.53 Å². The second-order valence-corrected chi connectivity index (χ2v) is 3.50. The zero-order chi connectivity index (χ0) is 11.4. The SMILES string of the molecule is C=C(Cl)C(=O)Nc1ccc(OC)c(C)c1. The Labute approximate surface area is 93.7 Å². The summed E-state index contributed by atoms with van der Waals surface area (Å²) in [5.41, 5.74) is 1.61. The molecule has 0 radical (unpaired) electrons. The molecule has 0 aromatic heterocycles. The number of hydrogen-bond donors (Lipinski definition) is 1. The monoisotopic (exact) mass is 225 g/mol. The molecule has 0 spiro atoms. The van der Waals surface area contributed by atoms with Gasteiger partial charge in [-0.2, -0.15) is 0 Å². The molecular formula is C11H12ClNO2. The highest BCUT2D eigenvalue weighted by atomic mass is 35.5. The van der Waals surface area contributed by atoms with Gasteiger partial charge in [-0.3, -0.25) is 4.79 Å². The van der Waals surface area contributed by atoms with Crippen LogP contribution in [0.25, 0.3) is 0 Å². The minimum absolute atomic E-state index is 0.0385. The van der Waals surface area contributed by atoms with E-state index in [4.69, 9.17) is 16.3 Å². The number of rotatable bonds is 3. The van der Waals surface area contributed by atoms with Crippen LogP contribution < -0.4 is 10.1 Å². The van der Waals surface area contributed by atoms with Gasteiger partial charge in [0, 0.05) is 5.69 Å². The normalized spacial score (nSPS) is 9.53. The molecule has 1 N–H and O–H groups in total. The maximum atomic E-state index is 11.2. The van der Waals surface area contributed by atoms with Crippen molar-refractivity contribution in [2.24, 2.45) is 0 Å².